The number of hydrogen-bond acceptors (Lipinski definition) is 3. The fraction of sp³-hybridized carbons (Fsp3) is 0.0952. The van der Waals surface area contributed by atoms with E-state index in [0.717, 1.165) is 5.56 Å². The number of para-hydroxylation sites is 1. The van der Waals surface area contributed by atoms with Crippen molar-refractivity contribution in [3.05, 3.63) is 95.6 Å². The van der Waals surface area contributed by atoms with Gasteiger partial charge >= 0.3 is 0 Å². The second-order valence-corrected chi connectivity index (χ2v) is 7.79. The normalized spacial score (nSPS) is 10.9. The molecule has 0 spiro atoms. The number of benzene rings is 3. The van der Waals surface area contributed by atoms with E-state index in [1.54, 1.807) is 66.7 Å². The lowest BCUT2D eigenvalue weighted by molar-refractivity contribution is 0.590. The standard InChI is InChI=1S/C21H18N2O2S/c1-17-8-7-13-21(14-17)26(24,25)23(20-11-3-2-4-12-20)16-19-10-6-5-9-18(19)15-22/h2-14H,16H2,1H3. The van der Waals surface area contributed by atoms with Crippen LogP contribution in [0.15, 0.2) is 83.8 Å². The van der Waals surface area contributed by atoms with E-state index in [2.05, 4.69) is 6.07 Å². The van der Waals surface area contributed by atoms with Crippen molar-refractivity contribution in [3.63, 3.8) is 0 Å². The summed E-state index contributed by atoms with van der Waals surface area (Å²) >= 11 is 0. The molecule has 0 aliphatic rings. The topological polar surface area (TPSA) is 61.2 Å². The van der Waals surface area contributed by atoms with Gasteiger partial charge in [0.15, 0.2) is 0 Å². The Morgan fingerprint density at radius 1 is 0.923 bits per heavy atom. The summed E-state index contributed by atoms with van der Waals surface area (Å²) in [6, 6.07) is 24.9. The summed E-state index contributed by atoms with van der Waals surface area (Å²) in [5.41, 5.74) is 2.56. The summed E-state index contributed by atoms with van der Waals surface area (Å²) in [6.45, 7) is 1.95. The maximum absolute atomic E-state index is 13.3. The van der Waals surface area contributed by atoms with Crippen LogP contribution in [0.4, 0.5) is 5.69 Å². The fourth-order valence-corrected chi connectivity index (χ4v) is 4.28. The maximum Gasteiger partial charge on any atom is 0.264 e. The first-order valence-corrected chi connectivity index (χ1v) is 9.59. The lowest BCUT2D eigenvalue weighted by Gasteiger charge is -2.25. The van der Waals surface area contributed by atoms with Crippen molar-refractivity contribution in [2.45, 2.75) is 18.4 Å². The molecule has 4 nitrogen and oxygen atoms in total. The zero-order valence-corrected chi connectivity index (χ0v) is 15.1. The molecular weight excluding hydrogens is 344 g/mol. The Balaban J connectivity index is 2.12. The Hall–Kier alpha value is -3.10. The molecule has 3 aromatic rings. The smallest absolute Gasteiger partial charge is 0.262 e. The molecule has 0 unspecified atom stereocenters. The summed E-state index contributed by atoms with van der Waals surface area (Å²) in [7, 11) is -3.78. The summed E-state index contributed by atoms with van der Waals surface area (Å²) in [6.07, 6.45) is 0. The van der Waals surface area contributed by atoms with Crippen molar-refractivity contribution < 1.29 is 8.42 Å². The Morgan fingerprint density at radius 3 is 2.31 bits per heavy atom. The van der Waals surface area contributed by atoms with Gasteiger partial charge in [0.2, 0.25) is 0 Å². The molecule has 0 radical (unpaired) electrons. The molecule has 26 heavy (non-hydrogen) atoms. The van der Waals surface area contributed by atoms with Gasteiger partial charge in [-0.3, -0.25) is 4.31 Å². The first-order chi connectivity index (χ1) is 12.5. The van der Waals surface area contributed by atoms with Crippen LogP contribution in [0.2, 0.25) is 0 Å². The third kappa shape index (κ3) is 3.61. The Morgan fingerprint density at radius 2 is 1.62 bits per heavy atom. The summed E-state index contributed by atoms with van der Waals surface area (Å²) < 4.78 is 28.0. The van der Waals surface area contributed by atoms with Crippen LogP contribution in [0.3, 0.4) is 0 Å². The minimum atomic E-state index is -3.78. The zero-order valence-electron chi connectivity index (χ0n) is 14.3. The quantitative estimate of drug-likeness (QED) is 0.681. The Labute approximate surface area is 154 Å². The average molecular weight is 362 g/mol. The van der Waals surface area contributed by atoms with E-state index in [0.29, 0.717) is 16.8 Å². The van der Waals surface area contributed by atoms with Gasteiger partial charge in [-0.1, -0.05) is 48.5 Å². The van der Waals surface area contributed by atoms with Gasteiger partial charge in [0, 0.05) is 0 Å². The van der Waals surface area contributed by atoms with Crippen molar-refractivity contribution in [1.29, 1.82) is 5.26 Å². The highest BCUT2D eigenvalue weighted by Crippen LogP contribution is 2.27. The van der Waals surface area contributed by atoms with Crippen molar-refractivity contribution in [3.8, 4) is 6.07 Å². The lowest BCUT2D eigenvalue weighted by Crippen LogP contribution is -2.31. The van der Waals surface area contributed by atoms with Crippen molar-refractivity contribution in [2.24, 2.45) is 0 Å². The highest BCUT2D eigenvalue weighted by atomic mass is 32.2. The SMILES string of the molecule is Cc1cccc(S(=O)(=O)N(Cc2ccccc2C#N)c2ccccc2)c1. The molecule has 0 aliphatic carbocycles. The van der Waals surface area contributed by atoms with E-state index < -0.39 is 10.0 Å². The van der Waals surface area contributed by atoms with Crippen LogP contribution in [0.25, 0.3) is 0 Å². The molecule has 3 aromatic carbocycles. The average Bonchev–Trinajstić information content (AvgIpc) is 2.67. The third-order valence-electron chi connectivity index (χ3n) is 4.07. The van der Waals surface area contributed by atoms with Crippen LogP contribution in [0.1, 0.15) is 16.7 Å². The van der Waals surface area contributed by atoms with Crippen molar-refractivity contribution in [1.82, 2.24) is 0 Å². The van der Waals surface area contributed by atoms with Gasteiger partial charge in [-0.15, -0.1) is 0 Å². The van der Waals surface area contributed by atoms with Gasteiger partial charge in [0.1, 0.15) is 0 Å². The molecule has 0 N–H and O–H groups in total. The highest BCUT2D eigenvalue weighted by molar-refractivity contribution is 7.92. The van der Waals surface area contributed by atoms with Crippen LogP contribution in [0.5, 0.6) is 0 Å². The van der Waals surface area contributed by atoms with Crippen LogP contribution >= 0.6 is 0 Å². The van der Waals surface area contributed by atoms with E-state index in [-0.39, 0.29) is 11.4 Å². The van der Waals surface area contributed by atoms with Gasteiger partial charge in [0.05, 0.1) is 28.8 Å². The zero-order chi connectivity index (χ0) is 18.6. The largest absolute Gasteiger partial charge is 0.264 e. The lowest BCUT2D eigenvalue weighted by atomic mass is 10.1. The molecule has 130 valence electrons. The molecule has 5 heteroatoms. The Kier molecular flexibility index (Phi) is 5.06. The van der Waals surface area contributed by atoms with E-state index in [4.69, 9.17) is 0 Å². The number of nitrogens with zero attached hydrogens (tertiary/aromatic N) is 2. The van der Waals surface area contributed by atoms with Crippen LogP contribution in [-0.2, 0) is 16.6 Å². The van der Waals surface area contributed by atoms with Gasteiger partial charge in [-0.2, -0.15) is 5.26 Å². The van der Waals surface area contributed by atoms with Crippen LogP contribution in [0, 0.1) is 18.3 Å². The molecule has 0 bridgehead atoms. The number of anilines is 1. The molecule has 0 aromatic heterocycles. The molecule has 0 atom stereocenters. The Bertz CT molecular complexity index is 1050. The van der Waals surface area contributed by atoms with Gasteiger partial charge in [-0.05, 0) is 48.4 Å². The van der Waals surface area contributed by atoms with E-state index in [9.17, 15) is 13.7 Å². The molecule has 0 fully saturated rings. The molecule has 0 amide bonds. The third-order valence-corrected chi connectivity index (χ3v) is 5.84. The number of nitriles is 1. The molecule has 0 heterocycles. The first-order valence-electron chi connectivity index (χ1n) is 8.15. The van der Waals surface area contributed by atoms with Crippen LogP contribution < -0.4 is 4.31 Å². The summed E-state index contributed by atoms with van der Waals surface area (Å²) in [5.74, 6) is 0. The number of aryl methyl sites for hydroxylation is 1. The minimum Gasteiger partial charge on any atom is -0.262 e. The minimum absolute atomic E-state index is 0.0873. The summed E-state index contributed by atoms with van der Waals surface area (Å²) in [4.78, 5) is 0.232. The highest BCUT2D eigenvalue weighted by Gasteiger charge is 2.26. The van der Waals surface area contributed by atoms with Crippen molar-refractivity contribution >= 4 is 15.7 Å². The van der Waals surface area contributed by atoms with Gasteiger partial charge in [0.25, 0.3) is 10.0 Å². The molecule has 3 rings (SSSR count). The number of sulfonamides is 1. The predicted octanol–water partition coefficient (Wildman–Crippen LogP) is 4.26. The molecule has 0 aliphatic heterocycles. The van der Waals surface area contributed by atoms with E-state index in [1.807, 2.05) is 19.1 Å². The predicted molar refractivity (Wildman–Crippen MR) is 102 cm³/mol. The maximum atomic E-state index is 13.3. The van der Waals surface area contributed by atoms with Gasteiger partial charge in [-0.25, -0.2) is 8.42 Å². The first kappa shape index (κ1) is 17.7. The van der Waals surface area contributed by atoms with E-state index in [1.165, 1.54) is 4.31 Å². The fourth-order valence-electron chi connectivity index (χ4n) is 2.73. The van der Waals surface area contributed by atoms with Crippen molar-refractivity contribution in [2.75, 3.05) is 4.31 Å². The monoisotopic (exact) mass is 362 g/mol. The number of hydrogen-bond donors (Lipinski definition) is 0. The second-order valence-electron chi connectivity index (χ2n) is 5.93. The van der Waals surface area contributed by atoms with E-state index >= 15 is 0 Å². The molecule has 0 saturated heterocycles. The molecule has 0 saturated carbocycles. The molecular formula is C21H18N2O2S. The number of rotatable bonds is 5. The van der Waals surface area contributed by atoms with Gasteiger partial charge < -0.3 is 0 Å². The summed E-state index contributed by atoms with van der Waals surface area (Å²) in [5, 5.41) is 9.34. The second kappa shape index (κ2) is 7.42. The van der Waals surface area contributed by atoms with Crippen LogP contribution in [-0.4, -0.2) is 8.42 Å².